The molecule has 0 bridgehead atoms. The van der Waals surface area contributed by atoms with Gasteiger partial charge in [0.15, 0.2) is 0 Å². The van der Waals surface area contributed by atoms with Crippen LogP contribution in [-0.2, 0) is 4.79 Å². The second-order valence-electron chi connectivity index (χ2n) is 4.67. The molecule has 0 aliphatic heterocycles. The standard InChI is InChI=1S/C14H20ClN3O2/c1-4-8(2)12(16)14(20)18-9-5-6-10(11(15)7-9)13(19)17-3/h5-8,12H,4,16H2,1-3H3,(H,17,19)(H,18,20). The molecule has 6 heteroatoms. The van der Waals surface area contributed by atoms with Crippen LogP contribution in [0.4, 0.5) is 5.69 Å². The number of hydrogen-bond acceptors (Lipinski definition) is 3. The summed E-state index contributed by atoms with van der Waals surface area (Å²) in [6, 6.07) is 4.15. The predicted molar refractivity (Wildman–Crippen MR) is 80.9 cm³/mol. The van der Waals surface area contributed by atoms with Gasteiger partial charge in [-0.3, -0.25) is 9.59 Å². The van der Waals surface area contributed by atoms with Crippen LogP contribution in [0.3, 0.4) is 0 Å². The van der Waals surface area contributed by atoms with E-state index in [9.17, 15) is 9.59 Å². The summed E-state index contributed by atoms with van der Waals surface area (Å²) in [6.45, 7) is 3.90. The Labute approximate surface area is 123 Å². The van der Waals surface area contributed by atoms with Crippen LogP contribution in [0.15, 0.2) is 18.2 Å². The van der Waals surface area contributed by atoms with Crippen molar-refractivity contribution < 1.29 is 9.59 Å². The van der Waals surface area contributed by atoms with Gasteiger partial charge in [0.2, 0.25) is 5.91 Å². The van der Waals surface area contributed by atoms with Crippen molar-refractivity contribution in [2.45, 2.75) is 26.3 Å². The van der Waals surface area contributed by atoms with Crippen molar-refractivity contribution >= 4 is 29.1 Å². The molecule has 0 aliphatic rings. The second kappa shape index (κ2) is 7.26. The summed E-state index contributed by atoms with van der Waals surface area (Å²) in [4.78, 5) is 23.4. The molecule has 0 fully saturated rings. The lowest BCUT2D eigenvalue weighted by Gasteiger charge is -2.18. The molecule has 0 aromatic heterocycles. The molecule has 1 aromatic carbocycles. The zero-order valence-corrected chi connectivity index (χ0v) is 12.6. The number of benzene rings is 1. The molecular weight excluding hydrogens is 278 g/mol. The molecular formula is C14H20ClN3O2. The van der Waals surface area contributed by atoms with E-state index in [1.54, 1.807) is 12.1 Å². The second-order valence-corrected chi connectivity index (χ2v) is 5.08. The quantitative estimate of drug-likeness (QED) is 0.777. The summed E-state index contributed by atoms with van der Waals surface area (Å²) in [6.07, 6.45) is 0.824. The molecule has 0 aliphatic carbocycles. The summed E-state index contributed by atoms with van der Waals surface area (Å²) in [5.74, 6) is -0.442. The molecule has 5 nitrogen and oxygen atoms in total. The number of carbonyl (C=O) groups is 2. The van der Waals surface area contributed by atoms with Crippen LogP contribution in [0, 0.1) is 5.92 Å². The molecule has 2 atom stereocenters. The van der Waals surface area contributed by atoms with Gasteiger partial charge in [0, 0.05) is 12.7 Å². The SMILES string of the molecule is CCC(C)C(N)C(=O)Nc1ccc(C(=O)NC)c(Cl)c1. The smallest absolute Gasteiger partial charge is 0.252 e. The van der Waals surface area contributed by atoms with Gasteiger partial charge in [-0.25, -0.2) is 0 Å². The third kappa shape index (κ3) is 3.95. The summed E-state index contributed by atoms with van der Waals surface area (Å²) < 4.78 is 0. The van der Waals surface area contributed by atoms with Crippen LogP contribution >= 0.6 is 11.6 Å². The lowest BCUT2D eigenvalue weighted by atomic mass is 9.99. The highest BCUT2D eigenvalue weighted by atomic mass is 35.5. The molecule has 1 rings (SSSR count). The molecule has 110 valence electrons. The first kappa shape index (κ1) is 16.5. The highest BCUT2D eigenvalue weighted by molar-refractivity contribution is 6.34. The average Bonchev–Trinajstić information content (AvgIpc) is 2.44. The van der Waals surface area contributed by atoms with E-state index < -0.39 is 6.04 Å². The summed E-state index contributed by atoms with van der Waals surface area (Å²) in [5.41, 5.74) is 6.73. The van der Waals surface area contributed by atoms with E-state index in [-0.39, 0.29) is 22.8 Å². The van der Waals surface area contributed by atoms with E-state index in [1.807, 2.05) is 13.8 Å². The summed E-state index contributed by atoms with van der Waals surface area (Å²) in [7, 11) is 1.53. The van der Waals surface area contributed by atoms with Gasteiger partial charge in [-0.05, 0) is 24.1 Å². The van der Waals surface area contributed by atoms with Gasteiger partial charge in [0.05, 0.1) is 16.6 Å². The molecule has 0 saturated heterocycles. The van der Waals surface area contributed by atoms with Gasteiger partial charge in [0.1, 0.15) is 0 Å². The maximum absolute atomic E-state index is 11.9. The molecule has 0 spiro atoms. The van der Waals surface area contributed by atoms with Crippen LogP contribution in [0.25, 0.3) is 0 Å². The highest BCUT2D eigenvalue weighted by Gasteiger charge is 2.19. The number of rotatable bonds is 5. The first-order valence-corrected chi connectivity index (χ1v) is 6.86. The summed E-state index contributed by atoms with van der Waals surface area (Å²) in [5, 5.41) is 5.47. The molecule has 2 amide bonds. The molecule has 4 N–H and O–H groups in total. The fourth-order valence-corrected chi connectivity index (χ4v) is 1.92. The Morgan fingerprint density at radius 2 is 2.05 bits per heavy atom. The summed E-state index contributed by atoms with van der Waals surface area (Å²) >= 11 is 6.01. The van der Waals surface area contributed by atoms with Crippen molar-refractivity contribution in [1.29, 1.82) is 0 Å². The minimum absolute atomic E-state index is 0.0932. The number of anilines is 1. The molecule has 20 heavy (non-hydrogen) atoms. The van der Waals surface area contributed by atoms with E-state index in [2.05, 4.69) is 10.6 Å². The van der Waals surface area contributed by atoms with Crippen LogP contribution in [0.5, 0.6) is 0 Å². The van der Waals surface area contributed by atoms with Crippen molar-refractivity contribution in [2.24, 2.45) is 11.7 Å². The molecule has 0 saturated carbocycles. The first-order chi connectivity index (χ1) is 9.40. The largest absolute Gasteiger partial charge is 0.355 e. The lowest BCUT2D eigenvalue weighted by molar-refractivity contribution is -0.118. The molecule has 2 unspecified atom stereocenters. The number of nitrogens with one attached hydrogen (secondary N) is 2. The zero-order valence-electron chi connectivity index (χ0n) is 11.9. The van der Waals surface area contributed by atoms with Gasteiger partial charge < -0.3 is 16.4 Å². The van der Waals surface area contributed by atoms with E-state index in [0.29, 0.717) is 11.3 Å². The number of amides is 2. The van der Waals surface area contributed by atoms with Crippen molar-refractivity contribution in [3.05, 3.63) is 28.8 Å². The number of carbonyl (C=O) groups excluding carboxylic acids is 2. The van der Waals surface area contributed by atoms with Gasteiger partial charge in [-0.2, -0.15) is 0 Å². The van der Waals surface area contributed by atoms with Crippen LogP contribution in [0.2, 0.25) is 5.02 Å². The molecule has 1 aromatic rings. The average molecular weight is 298 g/mol. The minimum Gasteiger partial charge on any atom is -0.355 e. The fraction of sp³-hybridized carbons (Fsp3) is 0.429. The fourth-order valence-electron chi connectivity index (χ4n) is 1.65. The van der Waals surface area contributed by atoms with Crippen LogP contribution < -0.4 is 16.4 Å². The Bertz CT molecular complexity index is 505. The Morgan fingerprint density at radius 1 is 1.40 bits per heavy atom. The van der Waals surface area contributed by atoms with Gasteiger partial charge in [-0.1, -0.05) is 31.9 Å². The number of hydrogen-bond donors (Lipinski definition) is 3. The van der Waals surface area contributed by atoms with E-state index in [4.69, 9.17) is 17.3 Å². The Balaban J connectivity index is 2.82. The van der Waals surface area contributed by atoms with Crippen molar-refractivity contribution in [3.63, 3.8) is 0 Å². The van der Waals surface area contributed by atoms with Crippen LogP contribution in [0.1, 0.15) is 30.6 Å². The lowest BCUT2D eigenvalue weighted by Crippen LogP contribution is -2.40. The third-order valence-corrected chi connectivity index (χ3v) is 3.58. The van der Waals surface area contributed by atoms with Gasteiger partial charge in [-0.15, -0.1) is 0 Å². The maximum atomic E-state index is 11.9. The highest BCUT2D eigenvalue weighted by Crippen LogP contribution is 2.21. The van der Waals surface area contributed by atoms with Gasteiger partial charge in [0.25, 0.3) is 5.91 Å². The number of halogens is 1. The molecule has 0 radical (unpaired) electrons. The van der Waals surface area contributed by atoms with E-state index >= 15 is 0 Å². The van der Waals surface area contributed by atoms with Gasteiger partial charge >= 0.3 is 0 Å². The minimum atomic E-state index is -0.572. The predicted octanol–water partition coefficient (Wildman–Crippen LogP) is 2.01. The number of nitrogens with two attached hydrogens (primary N) is 1. The normalized spacial score (nSPS) is 13.4. The van der Waals surface area contributed by atoms with E-state index in [0.717, 1.165) is 6.42 Å². The Morgan fingerprint density at radius 3 is 2.55 bits per heavy atom. The van der Waals surface area contributed by atoms with Crippen molar-refractivity contribution in [3.8, 4) is 0 Å². The topological polar surface area (TPSA) is 84.2 Å². The monoisotopic (exact) mass is 297 g/mol. The maximum Gasteiger partial charge on any atom is 0.252 e. The third-order valence-electron chi connectivity index (χ3n) is 3.27. The Hall–Kier alpha value is -1.59. The molecule has 0 heterocycles. The van der Waals surface area contributed by atoms with Crippen molar-refractivity contribution in [1.82, 2.24) is 5.32 Å². The first-order valence-electron chi connectivity index (χ1n) is 6.48. The van der Waals surface area contributed by atoms with Crippen molar-refractivity contribution in [2.75, 3.05) is 12.4 Å². The Kier molecular flexibility index (Phi) is 5.98. The van der Waals surface area contributed by atoms with E-state index in [1.165, 1.54) is 13.1 Å². The zero-order chi connectivity index (χ0) is 15.3. The van der Waals surface area contributed by atoms with Crippen LogP contribution in [-0.4, -0.2) is 24.9 Å².